The number of alkyl halides is 3. The molecule has 0 aliphatic carbocycles. The summed E-state index contributed by atoms with van der Waals surface area (Å²) >= 11 is 1.76. The Hall–Kier alpha value is -3.18. The van der Waals surface area contributed by atoms with Gasteiger partial charge in [-0.2, -0.15) is 29.6 Å². The van der Waals surface area contributed by atoms with E-state index < -0.39 is 12.1 Å². The van der Waals surface area contributed by atoms with Gasteiger partial charge in [0.25, 0.3) is 5.91 Å². The number of likely N-dealkylation sites (N-methyl/N-ethyl adjacent to an activating group) is 1. The van der Waals surface area contributed by atoms with Crippen LogP contribution < -0.4 is 0 Å². The molecule has 1 amide bonds. The van der Waals surface area contributed by atoms with Crippen molar-refractivity contribution in [2.75, 3.05) is 26.7 Å². The molecule has 2 aliphatic rings. The minimum Gasteiger partial charge on any atom is -0.475 e. The summed E-state index contributed by atoms with van der Waals surface area (Å²) in [5.74, 6) is -2.67. The van der Waals surface area contributed by atoms with Gasteiger partial charge in [-0.1, -0.05) is 18.2 Å². The van der Waals surface area contributed by atoms with Crippen LogP contribution in [0.2, 0.25) is 0 Å². The minimum absolute atomic E-state index is 0.0385. The van der Waals surface area contributed by atoms with Gasteiger partial charge in [-0.25, -0.2) is 9.48 Å². The predicted molar refractivity (Wildman–Crippen MR) is 125 cm³/mol. The summed E-state index contributed by atoms with van der Waals surface area (Å²) in [6.07, 6.45) is -1.09. The number of carbonyl (C=O) groups is 2. The molecule has 0 radical (unpaired) electrons. The summed E-state index contributed by atoms with van der Waals surface area (Å²) in [5.41, 5.74) is 4.12. The number of hydrogen-bond donors (Lipinski definition) is 1. The Balaban J connectivity index is 0.000000364. The van der Waals surface area contributed by atoms with Gasteiger partial charge < -0.3 is 10.0 Å². The first-order chi connectivity index (χ1) is 16.6. The fourth-order valence-corrected chi connectivity index (χ4v) is 5.28. The van der Waals surface area contributed by atoms with E-state index in [4.69, 9.17) is 15.0 Å². The maximum atomic E-state index is 12.8. The van der Waals surface area contributed by atoms with Crippen LogP contribution in [0.25, 0.3) is 5.69 Å². The van der Waals surface area contributed by atoms with Crippen LogP contribution in [0.1, 0.15) is 34.5 Å². The zero-order valence-electron chi connectivity index (χ0n) is 19.0. The van der Waals surface area contributed by atoms with Crippen molar-refractivity contribution < 1.29 is 27.9 Å². The summed E-state index contributed by atoms with van der Waals surface area (Å²) < 4.78 is 33.6. The van der Waals surface area contributed by atoms with E-state index in [0.29, 0.717) is 0 Å². The van der Waals surface area contributed by atoms with E-state index in [9.17, 15) is 18.0 Å². The fourth-order valence-electron chi connectivity index (χ4n) is 4.62. The summed E-state index contributed by atoms with van der Waals surface area (Å²) in [5, 5.41) is 16.4. The lowest BCUT2D eigenvalue weighted by molar-refractivity contribution is -0.192. The van der Waals surface area contributed by atoms with Crippen molar-refractivity contribution in [3.8, 4) is 5.69 Å². The Bertz CT molecular complexity index is 1170. The molecule has 0 saturated carbocycles. The molecule has 1 fully saturated rings. The Labute approximate surface area is 204 Å². The van der Waals surface area contributed by atoms with E-state index in [0.717, 1.165) is 56.0 Å². The number of fused-ring (bicyclic) bond motifs is 2. The van der Waals surface area contributed by atoms with Gasteiger partial charge in [0, 0.05) is 31.7 Å². The number of para-hydroxylation sites is 1. The number of rotatable bonds is 3. The molecule has 186 valence electrons. The maximum absolute atomic E-state index is 12.8. The lowest BCUT2D eigenvalue weighted by Crippen LogP contribution is -2.53. The highest BCUT2D eigenvalue weighted by molar-refractivity contribution is 7.07. The van der Waals surface area contributed by atoms with Crippen molar-refractivity contribution >= 4 is 23.2 Å². The van der Waals surface area contributed by atoms with Crippen LogP contribution in [-0.2, 0) is 16.8 Å². The van der Waals surface area contributed by atoms with Crippen molar-refractivity contribution in [1.29, 1.82) is 0 Å². The number of nitrogens with zero attached hydrogens (tertiary/aromatic N) is 4. The van der Waals surface area contributed by atoms with Crippen LogP contribution in [0.5, 0.6) is 0 Å². The molecule has 1 spiro atoms. The van der Waals surface area contributed by atoms with Crippen LogP contribution in [0.3, 0.4) is 0 Å². The number of aromatic nitrogens is 2. The molecule has 2 aromatic heterocycles. The molecule has 2 aliphatic heterocycles. The number of carbonyl (C=O) groups excluding carboxylic acids is 1. The molecule has 3 aromatic rings. The molecule has 1 N–H and O–H groups in total. The summed E-state index contributed by atoms with van der Waals surface area (Å²) in [4.78, 5) is 26.1. The Morgan fingerprint density at radius 1 is 1.17 bits per heavy atom. The maximum Gasteiger partial charge on any atom is 0.490 e. The molecule has 11 heteroatoms. The largest absolute Gasteiger partial charge is 0.490 e. The minimum atomic E-state index is -5.08. The average molecular weight is 507 g/mol. The summed E-state index contributed by atoms with van der Waals surface area (Å²) in [6.45, 7) is 3.85. The SMILES string of the molecule is CN1CC2(CCN(Cc3ccsc3)CC2)c2nn(-c3ccccc3)cc2C1=O.O=C(O)C(F)(F)F. The Morgan fingerprint density at radius 2 is 1.83 bits per heavy atom. The van der Waals surface area contributed by atoms with Gasteiger partial charge in [-0.15, -0.1) is 0 Å². The number of thiophene rings is 1. The van der Waals surface area contributed by atoms with Gasteiger partial charge in [-0.05, 0) is 60.5 Å². The van der Waals surface area contributed by atoms with E-state index in [1.54, 1.807) is 11.3 Å². The molecule has 7 nitrogen and oxygen atoms in total. The van der Waals surface area contributed by atoms with Crippen LogP contribution in [0, 0.1) is 0 Å². The first-order valence-electron chi connectivity index (χ1n) is 11.0. The van der Waals surface area contributed by atoms with Crippen molar-refractivity contribution in [3.63, 3.8) is 0 Å². The molecular formula is C24H25F3N4O3S. The van der Waals surface area contributed by atoms with Crippen LogP contribution in [-0.4, -0.2) is 69.4 Å². The van der Waals surface area contributed by atoms with Gasteiger partial charge >= 0.3 is 12.1 Å². The van der Waals surface area contributed by atoms with E-state index in [1.165, 1.54) is 5.56 Å². The number of halogens is 3. The highest BCUT2D eigenvalue weighted by Crippen LogP contribution is 2.41. The number of piperidine rings is 1. The molecule has 0 bridgehead atoms. The van der Waals surface area contributed by atoms with E-state index >= 15 is 0 Å². The fraction of sp³-hybridized carbons (Fsp3) is 0.375. The number of likely N-dealkylation sites (tertiary alicyclic amines) is 1. The highest BCUT2D eigenvalue weighted by atomic mass is 32.1. The van der Waals surface area contributed by atoms with E-state index in [-0.39, 0.29) is 11.3 Å². The molecule has 0 atom stereocenters. The predicted octanol–water partition coefficient (Wildman–Crippen LogP) is 4.19. The molecular weight excluding hydrogens is 481 g/mol. The molecule has 4 heterocycles. The summed E-state index contributed by atoms with van der Waals surface area (Å²) in [6, 6.07) is 12.3. The third kappa shape index (κ3) is 5.40. The third-order valence-electron chi connectivity index (χ3n) is 6.40. The Kier molecular flexibility index (Phi) is 7.00. The second kappa shape index (κ2) is 9.82. The number of hydrogen-bond acceptors (Lipinski definition) is 5. The highest BCUT2D eigenvalue weighted by Gasteiger charge is 2.46. The monoisotopic (exact) mass is 506 g/mol. The van der Waals surface area contributed by atoms with Gasteiger partial charge in [0.05, 0.1) is 16.9 Å². The third-order valence-corrected chi connectivity index (χ3v) is 7.13. The van der Waals surface area contributed by atoms with Crippen molar-refractivity contribution in [1.82, 2.24) is 19.6 Å². The number of carboxylic acid groups (broad SMARTS) is 1. The quantitative estimate of drug-likeness (QED) is 0.577. The van der Waals surface area contributed by atoms with Crippen molar-refractivity contribution in [2.45, 2.75) is 31.0 Å². The second-order valence-corrected chi connectivity index (χ2v) is 9.60. The van der Waals surface area contributed by atoms with Crippen molar-refractivity contribution in [2.24, 2.45) is 0 Å². The average Bonchev–Trinajstić information content (AvgIpc) is 3.50. The van der Waals surface area contributed by atoms with Crippen LogP contribution in [0.4, 0.5) is 13.2 Å². The van der Waals surface area contributed by atoms with Crippen LogP contribution in [0.15, 0.2) is 53.4 Å². The standard InChI is InChI=1S/C22H24N4OS.C2HF3O2/c1-24-16-22(8-10-25(11-9-22)13-17-7-12-28-15-17)20-19(21(24)27)14-26(23-20)18-5-3-2-4-6-18;3-2(4,5)1(6)7/h2-7,12,14-15H,8-11,13,16H2,1H3;(H,6,7). The first-order valence-corrected chi connectivity index (χ1v) is 12.0. The molecule has 0 unspecified atom stereocenters. The first kappa shape index (κ1) is 24.9. The number of aliphatic carboxylic acids is 1. The number of amides is 1. The second-order valence-electron chi connectivity index (χ2n) is 8.82. The van der Waals surface area contributed by atoms with Crippen molar-refractivity contribution in [3.05, 3.63) is 70.2 Å². The topological polar surface area (TPSA) is 78.7 Å². The Morgan fingerprint density at radius 3 is 2.40 bits per heavy atom. The zero-order valence-corrected chi connectivity index (χ0v) is 19.8. The normalized spacial score (nSPS) is 17.6. The van der Waals surface area contributed by atoms with Gasteiger partial charge in [-0.3, -0.25) is 9.69 Å². The molecule has 1 aromatic carbocycles. The van der Waals surface area contributed by atoms with Gasteiger partial charge in [0.2, 0.25) is 0 Å². The molecule has 1 saturated heterocycles. The lowest BCUT2D eigenvalue weighted by atomic mass is 9.72. The van der Waals surface area contributed by atoms with Crippen LogP contribution >= 0.6 is 11.3 Å². The van der Waals surface area contributed by atoms with E-state index in [2.05, 4.69) is 21.7 Å². The molecule has 35 heavy (non-hydrogen) atoms. The number of benzene rings is 1. The number of carboxylic acids is 1. The smallest absolute Gasteiger partial charge is 0.475 e. The van der Waals surface area contributed by atoms with Gasteiger partial charge in [0.1, 0.15) is 0 Å². The van der Waals surface area contributed by atoms with Gasteiger partial charge in [0.15, 0.2) is 0 Å². The van der Waals surface area contributed by atoms with E-state index in [1.807, 2.05) is 53.2 Å². The summed E-state index contributed by atoms with van der Waals surface area (Å²) in [7, 11) is 1.92. The zero-order chi connectivity index (χ0) is 25.2. The lowest BCUT2D eigenvalue weighted by Gasteiger charge is -2.45. The molecule has 5 rings (SSSR count).